The van der Waals surface area contributed by atoms with Gasteiger partial charge in [-0.2, -0.15) is 10.4 Å². The monoisotopic (exact) mass is 460 g/mol. The Morgan fingerprint density at radius 2 is 1.67 bits per heavy atom. The zero-order chi connectivity index (χ0) is 23.6. The summed E-state index contributed by atoms with van der Waals surface area (Å²) in [6, 6.07) is 21.6. The number of halogens is 1. The molecule has 0 aromatic heterocycles. The summed E-state index contributed by atoms with van der Waals surface area (Å²) in [7, 11) is 0. The number of hydrogen-bond acceptors (Lipinski definition) is 6. The number of carbonyl (C=O) groups excluding carboxylic acids is 3. The molecule has 0 saturated heterocycles. The average molecular weight is 461 g/mol. The molecule has 0 radical (unpaired) electrons. The minimum atomic E-state index is -0.988. The number of benzene rings is 3. The molecule has 0 fully saturated rings. The van der Waals surface area contributed by atoms with Gasteiger partial charge >= 0.3 is 17.8 Å². The number of ether oxygens (including phenoxy) is 1. The second-order valence-corrected chi connectivity index (χ2v) is 7.00. The van der Waals surface area contributed by atoms with Gasteiger partial charge in [-0.3, -0.25) is 9.59 Å². The molecule has 0 saturated carbocycles. The molecule has 0 aliphatic rings. The first-order valence-corrected chi connectivity index (χ1v) is 10.0. The predicted octanol–water partition coefficient (Wildman–Crippen LogP) is 3.71. The van der Waals surface area contributed by atoms with Crippen LogP contribution >= 0.6 is 11.6 Å². The molecule has 9 heteroatoms. The van der Waals surface area contributed by atoms with Crippen LogP contribution in [0.4, 0.5) is 5.69 Å². The highest BCUT2D eigenvalue weighted by molar-refractivity contribution is 6.39. The molecule has 0 bridgehead atoms. The van der Waals surface area contributed by atoms with Crippen LogP contribution in [-0.2, 0) is 16.0 Å². The van der Waals surface area contributed by atoms with Crippen LogP contribution in [-0.4, -0.2) is 24.0 Å². The summed E-state index contributed by atoms with van der Waals surface area (Å²) in [5.74, 6) is -2.36. The lowest BCUT2D eigenvalue weighted by Crippen LogP contribution is -2.32. The number of esters is 1. The number of rotatable bonds is 6. The van der Waals surface area contributed by atoms with Crippen LogP contribution in [0.25, 0.3) is 0 Å². The van der Waals surface area contributed by atoms with E-state index in [1.807, 2.05) is 6.07 Å². The number of para-hydroxylation sites is 1. The van der Waals surface area contributed by atoms with Crippen LogP contribution in [0.5, 0.6) is 5.75 Å². The van der Waals surface area contributed by atoms with Gasteiger partial charge in [0.2, 0.25) is 0 Å². The lowest BCUT2D eigenvalue weighted by atomic mass is 10.1. The Morgan fingerprint density at radius 1 is 0.970 bits per heavy atom. The van der Waals surface area contributed by atoms with Crippen LogP contribution in [0, 0.1) is 11.3 Å². The van der Waals surface area contributed by atoms with Gasteiger partial charge in [-0.05, 0) is 42.0 Å². The minimum absolute atomic E-state index is 0.197. The Hall–Kier alpha value is -4.48. The lowest BCUT2D eigenvalue weighted by Gasteiger charge is -2.08. The SMILES string of the molecule is N#CCc1ccc(NC(=O)C(=O)N/N=C/c2ccccc2OC(=O)c2ccccc2Cl)cc1. The number of hydrogen-bond donors (Lipinski definition) is 2. The van der Waals surface area contributed by atoms with Gasteiger partial charge in [-0.1, -0.05) is 48.0 Å². The van der Waals surface area contributed by atoms with Gasteiger partial charge in [-0.25, -0.2) is 10.2 Å². The van der Waals surface area contributed by atoms with E-state index in [2.05, 4.69) is 15.8 Å². The summed E-state index contributed by atoms with van der Waals surface area (Å²) in [6.45, 7) is 0. The number of carbonyl (C=O) groups is 3. The van der Waals surface area contributed by atoms with Crippen molar-refractivity contribution in [3.63, 3.8) is 0 Å². The van der Waals surface area contributed by atoms with Crippen molar-refractivity contribution >= 4 is 41.3 Å². The molecule has 2 amide bonds. The van der Waals surface area contributed by atoms with Crippen molar-refractivity contribution in [1.82, 2.24) is 5.43 Å². The Morgan fingerprint density at radius 3 is 2.39 bits per heavy atom. The summed E-state index contributed by atoms with van der Waals surface area (Å²) >= 11 is 6.03. The quantitative estimate of drug-likeness (QED) is 0.191. The zero-order valence-electron chi connectivity index (χ0n) is 17.1. The Balaban J connectivity index is 1.60. The van der Waals surface area contributed by atoms with E-state index in [-0.39, 0.29) is 22.8 Å². The number of anilines is 1. The third-order valence-corrected chi connectivity index (χ3v) is 4.62. The van der Waals surface area contributed by atoms with Gasteiger partial charge in [0.05, 0.1) is 29.3 Å². The second kappa shape index (κ2) is 11.2. The van der Waals surface area contributed by atoms with Gasteiger partial charge in [0.1, 0.15) is 5.75 Å². The van der Waals surface area contributed by atoms with Gasteiger partial charge in [-0.15, -0.1) is 0 Å². The fraction of sp³-hybridized carbons (Fsp3) is 0.0417. The van der Waals surface area contributed by atoms with Crippen molar-refractivity contribution in [2.24, 2.45) is 5.10 Å². The van der Waals surface area contributed by atoms with Crippen molar-refractivity contribution in [3.8, 4) is 11.8 Å². The van der Waals surface area contributed by atoms with Gasteiger partial charge < -0.3 is 10.1 Å². The van der Waals surface area contributed by atoms with E-state index in [1.54, 1.807) is 66.7 Å². The topological polar surface area (TPSA) is 121 Å². The normalized spacial score (nSPS) is 10.3. The Kier molecular flexibility index (Phi) is 7.89. The van der Waals surface area contributed by atoms with Crippen LogP contribution in [0.1, 0.15) is 21.5 Å². The molecule has 33 heavy (non-hydrogen) atoms. The Labute approximate surface area is 194 Å². The first-order chi connectivity index (χ1) is 16.0. The van der Waals surface area contributed by atoms with E-state index in [1.165, 1.54) is 12.3 Å². The summed E-state index contributed by atoms with van der Waals surface area (Å²) in [5.41, 5.74) is 3.91. The minimum Gasteiger partial charge on any atom is -0.422 e. The third kappa shape index (κ3) is 6.50. The maximum Gasteiger partial charge on any atom is 0.345 e. The molecule has 0 unspecified atom stereocenters. The van der Waals surface area contributed by atoms with Gasteiger partial charge in [0.25, 0.3) is 0 Å². The highest BCUT2D eigenvalue weighted by atomic mass is 35.5. The van der Waals surface area contributed by atoms with Crippen molar-refractivity contribution in [2.75, 3.05) is 5.32 Å². The highest BCUT2D eigenvalue weighted by Gasteiger charge is 2.15. The van der Waals surface area contributed by atoms with Crippen molar-refractivity contribution in [3.05, 3.63) is 94.5 Å². The highest BCUT2D eigenvalue weighted by Crippen LogP contribution is 2.21. The van der Waals surface area contributed by atoms with Crippen LogP contribution in [0.2, 0.25) is 5.02 Å². The summed E-state index contributed by atoms with van der Waals surface area (Å²) in [6.07, 6.45) is 1.50. The van der Waals surface area contributed by atoms with E-state index in [9.17, 15) is 14.4 Å². The molecule has 3 aromatic carbocycles. The zero-order valence-corrected chi connectivity index (χ0v) is 17.9. The molecule has 0 heterocycles. The fourth-order valence-electron chi connectivity index (χ4n) is 2.66. The molecular weight excluding hydrogens is 444 g/mol. The van der Waals surface area contributed by atoms with E-state index >= 15 is 0 Å². The molecule has 0 aliphatic heterocycles. The summed E-state index contributed by atoms with van der Waals surface area (Å²) in [5, 5.41) is 15.1. The summed E-state index contributed by atoms with van der Waals surface area (Å²) < 4.78 is 5.40. The van der Waals surface area contributed by atoms with Gasteiger partial charge in [0.15, 0.2) is 0 Å². The molecule has 0 spiro atoms. The standard InChI is InChI=1S/C24H17ClN4O4/c25-20-7-3-2-6-19(20)24(32)33-21-8-4-1-5-17(21)15-27-29-23(31)22(30)28-18-11-9-16(10-12-18)13-14-26/h1-12,15H,13H2,(H,28,30)(H,29,31)/b27-15+. The Bertz CT molecular complexity index is 1250. The molecule has 0 aliphatic carbocycles. The fourth-order valence-corrected chi connectivity index (χ4v) is 2.87. The number of nitriles is 1. The first-order valence-electron chi connectivity index (χ1n) is 9.64. The average Bonchev–Trinajstić information content (AvgIpc) is 2.81. The third-order valence-electron chi connectivity index (χ3n) is 4.29. The predicted molar refractivity (Wildman–Crippen MR) is 123 cm³/mol. The molecular formula is C24H17ClN4O4. The molecule has 2 N–H and O–H groups in total. The second-order valence-electron chi connectivity index (χ2n) is 6.59. The van der Waals surface area contributed by atoms with Crippen LogP contribution in [0.3, 0.4) is 0 Å². The van der Waals surface area contributed by atoms with Crippen molar-refractivity contribution < 1.29 is 19.1 Å². The molecule has 3 rings (SSSR count). The van der Waals surface area contributed by atoms with Crippen molar-refractivity contribution in [2.45, 2.75) is 6.42 Å². The maximum atomic E-state index is 12.4. The van der Waals surface area contributed by atoms with Crippen LogP contribution < -0.4 is 15.5 Å². The van der Waals surface area contributed by atoms with E-state index < -0.39 is 17.8 Å². The smallest absolute Gasteiger partial charge is 0.345 e. The molecule has 8 nitrogen and oxygen atoms in total. The van der Waals surface area contributed by atoms with E-state index in [0.717, 1.165) is 5.56 Å². The van der Waals surface area contributed by atoms with Crippen molar-refractivity contribution in [1.29, 1.82) is 5.26 Å². The number of hydrazone groups is 1. The largest absolute Gasteiger partial charge is 0.422 e. The number of amides is 2. The van der Waals surface area contributed by atoms with Crippen LogP contribution in [0.15, 0.2) is 77.9 Å². The van der Waals surface area contributed by atoms with Gasteiger partial charge in [0, 0.05) is 11.3 Å². The number of nitrogens with one attached hydrogen (secondary N) is 2. The lowest BCUT2D eigenvalue weighted by molar-refractivity contribution is -0.136. The molecule has 164 valence electrons. The number of nitrogens with zero attached hydrogens (tertiary/aromatic N) is 2. The molecule has 0 atom stereocenters. The first kappa shape index (κ1) is 23.2. The van der Waals surface area contributed by atoms with E-state index in [4.69, 9.17) is 21.6 Å². The maximum absolute atomic E-state index is 12.4. The van der Waals surface area contributed by atoms with E-state index in [0.29, 0.717) is 11.3 Å². The molecule has 3 aromatic rings. The summed E-state index contributed by atoms with van der Waals surface area (Å²) in [4.78, 5) is 36.4.